The molecule has 0 radical (unpaired) electrons. The summed E-state index contributed by atoms with van der Waals surface area (Å²) in [5.41, 5.74) is 1.50. The molecule has 0 spiro atoms. The third kappa shape index (κ3) is 2.56. The van der Waals surface area contributed by atoms with E-state index in [1.165, 1.54) is 0 Å². The number of hydrogen-bond donors (Lipinski definition) is 0. The van der Waals surface area contributed by atoms with Crippen LogP contribution in [0.15, 0.2) is 23.7 Å². The molecule has 0 aromatic carbocycles. The van der Waals surface area contributed by atoms with Crippen LogP contribution in [-0.2, 0) is 0 Å². The largest absolute Gasteiger partial charge is 0.243 e. The summed E-state index contributed by atoms with van der Waals surface area (Å²) in [6, 6.07) is 3.64. The highest BCUT2D eigenvalue weighted by Crippen LogP contribution is 2.10. The van der Waals surface area contributed by atoms with Crippen molar-refractivity contribution in [3.05, 3.63) is 45.1 Å². The van der Waals surface area contributed by atoms with E-state index < -0.39 is 0 Å². The fraction of sp³-hybridized carbons (Fsp3) is 0.0909. The molecule has 0 atom stereocenters. The quantitative estimate of drug-likeness (QED) is 0.518. The van der Waals surface area contributed by atoms with Crippen LogP contribution >= 0.6 is 22.9 Å². The van der Waals surface area contributed by atoms with E-state index >= 15 is 0 Å². The molecule has 4 heteroatoms. The van der Waals surface area contributed by atoms with E-state index in [1.54, 1.807) is 17.5 Å². The Labute approximate surface area is 97.0 Å². The molecule has 0 saturated carbocycles. The lowest BCUT2D eigenvalue weighted by Gasteiger charge is -1.90. The summed E-state index contributed by atoms with van der Waals surface area (Å²) in [5, 5.41) is 3.36. The monoisotopic (exact) mass is 234 g/mol. The number of halogens is 1. The predicted molar refractivity (Wildman–Crippen MR) is 62.1 cm³/mol. The van der Waals surface area contributed by atoms with Crippen molar-refractivity contribution < 1.29 is 0 Å². The van der Waals surface area contributed by atoms with Crippen molar-refractivity contribution >= 4 is 22.9 Å². The summed E-state index contributed by atoms with van der Waals surface area (Å²) in [4.78, 5) is 8.18. The van der Waals surface area contributed by atoms with Gasteiger partial charge in [0.05, 0.1) is 10.6 Å². The van der Waals surface area contributed by atoms with Gasteiger partial charge in [0.25, 0.3) is 0 Å². The van der Waals surface area contributed by atoms with Gasteiger partial charge in [-0.1, -0.05) is 17.5 Å². The number of thiazole rings is 1. The molecule has 0 aliphatic carbocycles. The second-order valence-corrected chi connectivity index (χ2v) is 4.26. The Bertz CT molecular complexity index is 537. The fourth-order valence-corrected chi connectivity index (χ4v) is 1.74. The predicted octanol–water partition coefficient (Wildman–Crippen LogP) is 2.90. The number of pyridine rings is 1. The molecule has 15 heavy (non-hydrogen) atoms. The van der Waals surface area contributed by atoms with Crippen molar-refractivity contribution in [1.82, 2.24) is 9.97 Å². The minimum absolute atomic E-state index is 0.428. The zero-order valence-corrected chi connectivity index (χ0v) is 9.56. The Morgan fingerprint density at radius 1 is 1.40 bits per heavy atom. The van der Waals surface area contributed by atoms with Crippen molar-refractivity contribution in [2.45, 2.75) is 6.92 Å². The fourth-order valence-electron chi connectivity index (χ4n) is 1.03. The van der Waals surface area contributed by atoms with Crippen LogP contribution in [0, 0.1) is 18.8 Å². The van der Waals surface area contributed by atoms with Gasteiger partial charge >= 0.3 is 0 Å². The molecule has 0 saturated heterocycles. The molecule has 74 valence electrons. The van der Waals surface area contributed by atoms with E-state index in [4.69, 9.17) is 11.6 Å². The molecular weight excluding hydrogens is 228 g/mol. The number of nitrogens with zero attached hydrogens (tertiary/aromatic N) is 2. The van der Waals surface area contributed by atoms with E-state index in [2.05, 4.69) is 21.8 Å². The highest BCUT2D eigenvalue weighted by atomic mass is 35.5. The Morgan fingerprint density at radius 2 is 2.27 bits per heavy atom. The first-order chi connectivity index (χ1) is 7.25. The molecule has 2 heterocycles. The van der Waals surface area contributed by atoms with E-state index in [0.717, 1.165) is 16.3 Å². The molecule has 2 aromatic heterocycles. The van der Waals surface area contributed by atoms with Crippen LogP contribution in [-0.4, -0.2) is 9.97 Å². The standard InChI is InChI=1S/C11H7ClN2S/c1-8-14-10(7-15-8)5-4-9-3-2-6-13-11(9)12/h2-3,6-7H,1H3. The van der Waals surface area contributed by atoms with Crippen LogP contribution in [0.2, 0.25) is 5.15 Å². The van der Waals surface area contributed by atoms with Gasteiger partial charge in [-0.2, -0.15) is 0 Å². The van der Waals surface area contributed by atoms with Gasteiger partial charge in [-0.3, -0.25) is 0 Å². The summed E-state index contributed by atoms with van der Waals surface area (Å²) < 4.78 is 0. The Hall–Kier alpha value is -1.37. The van der Waals surface area contributed by atoms with Crippen molar-refractivity contribution in [2.75, 3.05) is 0 Å². The smallest absolute Gasteiger partial charge is 0.144 e. The zero-order valence-electron chi connectivity index (χ0n) is 7.99. The van der Waals surface area contributed by atoms with Crippen molar-refractivity contribution in [3.8, 4) is 11.8 Å². The average molecular weight is 235 g/mol. The molecule has 2 nitrogen and oxygen atoms in total. The van der Waals surface area contributed by atoms with Gasteiger partial charge in [-0.25, -0.2) is 9.97 Å². The third-order valence-electron chi connectivity index (χ3n) is 1.70. The first kappa shape index (κ1) is 10.2. The van der Waals surface area contributed by atoms with Crippen LogP contribution in [0.5, 0.6) is 0 Å². The first-order valence-electron chi connectivity index (χ1n) is 4.30. The van der Waals surface area contributed by atoms with Crippen LogP contribution in [0.3, 0.4) is 0 Å². The van der Waals surface area contributed by atoms with Gasteiger partial charge in [0.15, 0.2) is 0 Å². The van der Waals surface area contributed by atoms with Gasteiger partial charge in [-0.15, -0.1) is 11.3 Å². The molecule has 0 fully saturated rings. The highest BCUT2D eigenvalue weighted by molar-refractivity contribution is 7.09. The molecule has 2 aromatic rings. The molecular formula is C11H7ClN2S. The second-order valence-electron chi connectivity index (χ2n) is 2.84. The summed E-state index contributed by atoms with van der Waals surface area (Å²) in [6.45, 7) is 1.95. The second kappa shape index (κ2) is 4.43. The summed E-state index contributed by atoms with van der Waals surface area (Å²) >= 11 is 7.45. The van der Waals surface area contributed by atoms with E-state index in [9.17, 15) is 0 Å². The van der Waals surface area contributed by atoms with Gasteiger partial charge in [0, 0.05) is 11.6 Å². The highest BCUT2D eigenvalue weighted by Gasteiger charge is 1.96. The van der Waals surface area contributed by atoms with Crippen LogP contribution < -0.4 is 0 Å². The molecule has 0 N–H and O–H groups in total. The van der Waals surface area contributed by atoms with Gasteiger partial charge in [-0.05, 0) is 25.0 Å². The van der Waals surface area contributed by atoms with Gasteiger partial charge < -0.3 is 0 Å². The minimum Gasteiger partial charge on any atom is -0.243 e. The van der Waals surface area contributed by atoms with Crippen LogP contribution in [0.1, 0.15) is 16.3 Å². The van der Waals surface area contributed by atoms with Crippen molar-refractivity contribution in [1.29, 1.82) is 0 Å². The lowest BCUT2D eigenvalue weighted by molar-refractivity contribution is 1.27. The Kier molecular flexibility index (Phi) is 3.00. The van der Waals surface area contributed by atoms with Gasteiger partial charge in [0.1, 0.15) is 10.8 Å². The summed E-state index contributed by atoms with van der Waals surface area (Å²) in [5.74, 6) is 5.89. The normalized spacial score (nSPS) is 9.47. The molecule has 2 rings (SSSR count). The molecule has 0 amide bonds. The topological polar surface area (TPSA) is 25.8 Å². The molecule has 0 bridgehead atoms. The maximum Gasteiger partial charge on any atom is 0.144 e. The van der Waals surface area contributed by atoms with Gasteiger partial charge in [0.2, 0.25) is 0 Å². The Balaban J connectivity index is 2.30. The van der Waals surface area contributed by atoms with E-state index in [0.29, 0.717) is 5.15 Å². The number of aromatic nitrogens is 2. The maximum atomic E-state index is 5.86. The molecule has 0 aliphatic heterocycles. The Morgan fingerprint density at radius 3 is 2.93 bits per heavy atom. The number of hydrogen-bond acceptors (Lipinski definition) is 3. The summed E-state index contributed by atoms with van der Waals surface area (Å²) in [7, 11) is 0. The van der Waals surface area contributed by atoms with E-state index in [-0.39, 0.29) is 0 Å². The number of aryl methyl sites for hydroxylation is 1. The lowest BCUT2D eigenvalue weighted by Crippen LogP contribution is -1.81. The molecule has 0 aliphatic rings. The van der Waals surface area contributed by atoms with Crippen LogP contribution in [0.25, 0.3) is 0 Å². The summed E-state index contributed by atoms with van der Waals surface area (Å²) in [6.07, 6.45) is 1.64. The third-order valence-corrected chi connectivity index (χ3v) is 2.78. The average Bonchev–Trinajstić information content (AvgIpc) is 2.63. The SMILES string of the molecule is Cc1nc(C#Cc2cccnc2Cl)cs1. The van der Waals surface area contributed by atoms with Crippen molar-refractivity contribution in [3.63, 3.8) is 0 Å². The first-order valence-corrected chi connectivity index (χ1v) is 5.56. The zero-order chi connectivity index (χ0) is 10.7. The lowest BCUT2D eigenvalue weighted by atomic mass is 10.3. The minimum atomic E-state index is 0.428. The molecule has 0 unspecified atom stereocenters. The number of rotatable bonds is 0. The van der Waals surface area contributed by atoms with E-state index in [1.807, 2.05) is 24.4 Å². The van der Waals surface area contributed by atoms with Crippen molar-refractivity contribution in [2.24, 2.45) is 0 Å². The maximum absolute atomic E-state index is 5.86. The van der Waals surface area contributed by atoms with Crippen LogP contribution in [0.4, 0.5) is 0 Å².